The van der Waals surface area contributed by atoms with Gasteiger partial charge in [-0.2, -0.15) is 13.2 Å². The molecule has 1 amide bonds. The van der Waals surface area contributed by atoms with Gasteiger partial charge in [-0.1, -0.05) is 35.5 Å². The van der Waals surface area contributed by atoms with Gasteiger partial charge in [-0.15, -0.1) is 11.6 Å². The Morgan fingerprint density at radius 2 is 1.85 bits per heavy atom. The van der Waals surface area contributed by atoms with Crippen LogP contribution in [0.25, 0.3) is 0 Å². The predicted molar refractivity (Wildman–Crippen MR) is 97.8 cm³/mol. The minimum absolute atomic E-state index is 0.0776. The SMILES string of the molecule is CC(C)(C)OC(=O)N[C@@H](CC/C(CCl)=N/OCc1ccccc1)C(F)(F)F. The van der Waals surface area contributed by atoms with Crippen molar-refractivity contribution in [3.8, 4) is 0 Å². The molecule has 1 N–H and O–H groups in total. The second-order valence-corrected chi connectivity index (χ2v) is 7.10. The number of hydrogen-bond acceptors (Lipinski definition) is 4. The molecular formula is C18H24ClF3N2O3. The summed E-state index contributed by atoms with van der Waals surface area (Å²) in [6, 6.07) is 7.12. The monoisotopic (exact) mass is 408 g/mol. The van der Waals surface area contributed by atoms with Crippen LogP contribution in [0.2, 0.25) is 0 Å². The first-order chi connectivity index (χ1) is 12.5. The number of halogens is 4. The van der Waals surface area contributed by atoms with Gasteiger partial charge in [0.15, 0.2) is 0 Å². The maximum absolute atomic E-state index is 13.2. The molecule has 0 saturated heterocycles. The van der Waals surface area contributed by atoms with E-state index in [0.29, 0.717) is 0 Å². The van der Waals surface area contributed by atoms with Gasteiger partial charge in [0.05, 0.1) is 11.6 Å². The molecule has 9 heteroatoms. The van der Waals surface area contributed by atoms with Crippen molar-refractivity contribution in [2.24, 2.45) is 5.16 Å². The molecule has 5 nitrogen and oxygen atoms in total. The first kappa shape index (κ1) is 23.1. The quantitative estimate of drug-likeness (QED) is 0.372. The number of carbonyl (C=O) groups is 1. The van der Waals surface area contributed by atoms with E-state index in [1.165, 1.54) is 0 Å². The highest BCUT2D eigenvalue weighted by molar-refractivity contribution is 6.28. The Bertz CT molecular complexity index is 617. The Morgan fingerprint density at radius 3 is 2.37 bits per heavy atom. The molecule has 0 aliphatic rings. The number of carbonyl (C=O) groups excluding carboxylic acids is 1. The summed E-state index contributed by atoms with van der Waals surface area (Å²) in [7, 11) is 0. The van der Waals surface area contributed by atoms with Crippen molar-refractivity contribution in [1.82, 2.24) is 5.32 Å². The largest absolute Gasteiger partial charge is 0.444 e. The molecule has 1 atom stereocenters. The zero-order valence-electron chi connectivity index (χ0n) is 15.5. The van der Waals surface area contributed by atoms with Crippen LogP contribution in [0.1, 0.15) is 39.2 Å². The Hall–Kier alpha value is -1.96. The van der Waals surface area contributed by atoms with Crippen LogP contribution < -0.4 is 5.32 Å². The van der Waals surface area contributed by atoms with E-state index in [2.05, 4.69) is 5.16 Å². The number of rotatable bonds is 8. The lowest BCUT2D eigenvalue weighted by molar-refractivity contribution is -0.156. The van der Waals surface area contributed by atoms with E-state index in [0.717, 1.165) is 5.56 Å². The zero-order valence-corrected chi connectivity index (χ0v) is 16.2. The summed E-state index contributed by atoms with van der Waals surface area (Å²) in [5.41, 5.74) is 0.233. The number of amides is 1. The van der Waals surface area contributed by atoms with E-state index >= 15 is 0 Å². The van der Waals surface area contributed by atoms with Crippen LogP contribution in [-0.4, -0.2) is 35.5 Å². The number of benzene rings is 1. The highest BCUT2D eigenvalue weighted by Crippen LogP contribution is 2.24. The topological polar surface area (TPSA) is 59.9 Å². The summed E-state index contributed by atoms with van der Waals surface area (Å²) in [6.07, 6.45) is -6.27. The number of alkyl halides is 4. The van der Waals surface area contributed by atoms with Crippen molar-refractivity contribution >= 4 is 23.4 Å². The summed E-state index contributed by atoms with van der Waals surface area (Å²) in [6.45, 7) is 4.88. The summed E-state index contributed by atoms with van der Waals surface area (Å²) in [4.78, 5) is 16.8. The van der Waals surface area contributed by atoms with Gasteiger partial charge in [0.1, 0.15) is 18.2 Å². The van der Waals surface area contributed by atoms with Gasteiger partial charge in [0.25, 0.3) is 0 Å². The molecule has 0 unspecified atom stereocenters. The van der Waals surface area contributed by atoms with Crippen molar-refractivity contribution < 1.29 is 27.5 Å². The number of alkyl carbamates (subject to hydrolysis) is 1. The minimum atomic E-state index is -4.63. The Kier molecular flexibility index (Phi) is 8.88. The molecule has 0 aromatic heterocycles. The Balaban J connectivity index is 2.60. The molecule has 27 heavy (non-hydrogen) atoms. The van der Waals surface area contributed by atoms with Gasteiger partial charge in [-0.3, -0.25) is 0 Å². The highest BCUT2D eigenvalue weighted by Gasteiger charge is 2.41. The number of nitrogens with zero attached hydrogens (tertiary/aromatic N) is 1. The standard InChI is InChI=1S/C18H24ClF3N2O3/c1-17(2,3)27-16(25)23-15(18(20,21)22)10-9-14(11-19)24-26-12-13-7-5-4-6-8-13/h4-8,15H,9-12H2,1-3H3,(H,23,25)/b24-14-/t15-/m0/s1. The third-order valence-corrected chi connectivity index (χ3v) is 3.54. The lowest BCUT2D eigenvalue weighted by Gasteiger charge is -2.25. The molecular weight excluding hydrogens is 385 g/mol. The van der Waals surface area contributed by atoms with Gasteiger partial charge in [0, 0.05) is 0 Å². The maximum atomic E-state index is 13.2. The summed E-state index contributed by atoms with van der Waals surface area (Å²) >= 11 is 5.74. The number of hydrogen-bond donors (Lipinski definition) is 1. The van der Waals surface area contributed by atoms with Crippen LogP contribution in [-0.2, 0) is 16.2 Å². The zero-order chi connectivity index (χ0) is 20.5. The highest BCUT2D eigenvalue weighted by atomic mass is 35.5. The van der Waals surface area contributed by atoms with Crippen LogP contribution >= 0.6 is 11.6 Å². The first-order valence-corrected chi connectivity index (χ1v) is 8.88. The molecule has 0 heterocycles. The van der Waals surface area contributed by atoms with E-state index in [1.54, 1.807) is 20.8 Å². The average Bonchev–Trinajstić information content (AvgIpc) is 2.55. The average molecular weight is 409 g/mol. The van der Waals surface area contributed by atoms with Crippen LogP contribution in [0.3, 0.4) is 0 Å². The number of nitrogens with one attached hydrogen (secondary N) is 1. The molecule has 1 rings (SSSR count). The van der Waals surface area contributed by atoms with Gasteiger partial charge < -0.3 is 14.9 Å². The molecule has 0 saturated carbocycles. The molecule has 0 aliphatic carbocycles. The predicted octanol–water partition coefficient (Wildman–Crippen LogP) is 5.03. The van der Waals surface area contributed by atoms with Crippen molar-refractivity contribution in [2.75, 3.05) is 5.88 Å². The molecule has 0 radical (unpaired) electrons. The third kappa shape index (κ3) is 10.1. The molecule has 0 bridgehead atoms. The van der Waals surface area contributed by atoms with Crippen molar-refractivity contribution in [3.05, 3.63) is 35.9 Å². The van der Waals surface area contributed by atoms with Crippen molar-refractivity contribution in [3.63, 3.8) is 0 Å². The van der Waals surface area contributed by atoms with Gasteiger partial charge >= 0.3 is 12.3 Å². The Morgan fingerprint density at radius 1 is 1.22 bits per heavy atom. The summed E-state index contributed by atoms with van der Waals surface area (Å²) < 4.78 is 44.4. The minimum Gasteiger partial charge on any atom is -0.444 e. The maximum Gasteiger partial charge on any atom is 0.408 e. The second kappa shape index (κ2) is 10.4. The summed E-state index contributed by atoms with van der Waals surface area (Å²) in [5, 5.41) is 5.65. The Labute approximate surface area is 161 Å². The fourth-order valence-electron chi connectivity index (χ4n) is 1.99. The normalized spacial score (nSPS) is 13.8. The lowest BCUT2D eigenvalue weighted by Crippen LogP contribution is -2.47. The third-order valence-electron chi connectivity index (χ3n) is 3.23. The van der Waals surface area contributed by atoms with Gasteiger partial charge in [0.2, 0.25) is 0 Å². The van der Waals surface area contributed by atoms with E-state index in [9.17, 15) is 18.0 Å². The first-order valence-electron chi connectivity index (χ1n) is 8.35. The molecule has 0 spiro atoms. The molecule has 1 aromatic carbocycles. The van der Waals surface area contributed by atoms with E-state index in [1.807, 2.05) is 35.6 Å². The number of oxime groups is 1. The summed E-state index contributed by atoms with van der Waals surface area (Å²) in [5.74, 6) is -0.0776. The van der Waals surface area contributed by atoms with E-state index in [4.69, 9.17) is 21.2 Å². The molecule has 0 aliphatic heterocycles. The second-order valence-electron chi connectivity index (χ2n) is 6.83. The van der Waals surface area contributed by atoms with Crippen molar-refractivity contribution in [1.29, 1.82) is 0 Å². The fraction of sp³-hybridized carbons (Fsp3) is 0.556. The van der Waals surface area contributed by atoms with Crippen LogP contribution in [0.4, 0.5) is 18.0 Å². The lowest BCUT2D eigenvalue weighted by atomic mass is 10.1. The van der Waals surface area contributed by atoms with Crippen LogP contribution in [0.15, 0.2) is 35.5 Å². The molecule has 1 aromatic rings. The molecule has 152 valence electrons. The number of ether oxygens (including phenoxy) is 1. The van der Waals surface area contributed by atoms with Crippen LogP contribution in [0, 0.1) is 0 Å². The van der Waals surface area contributed by atoms with Gasteiger partial charge in [-0.25, -0.2) is 4.79 Å². The van der Waals surface area contributed by atoms with Crippen molar-refractivity contribution in [2.45, 2.75) is 58.0 Å². The fourth-order valence-corrected chi connectivity index (χ4v) is 2.17. The van der Waals surface area contributed by atoms with E-state index in [-0.39, 0.29) is 24.6 Å². The van der Waals surface area contributed by atoms with Crippen LogP contribution in [0.5, 0.6) is 0 Å². The van der Waals surface area contributed by atoms with E-state index < -0.39 is 30.3 Å². The van der Waals surface area contributed by atoms with Gasteiger partial charge in [-0.05, 0) is 39.2 Å². The molecule has 0 fully saturated rings. The smallest absolute Gasteiger partial charge is 0.408 e.